The number of nitrogens with one attached hydrogen (secondary N) is 6. The summed E-state index contributed by atoms with van der Waals surface area (Å²) in [5, 5.41) is 28.1. The molecule has 16 heteroatoms. The van der Waals surface area contributed by atoms with Gasteiger partial charge in [-0.25, -0.2) is 9.78 Å². The summed E-state index contributed by atoms with van der Waals surface area (Å²) >= 11 is 0. The molecule has 56 heavy (non-hydrogen) atoms. The smallest absolute Gasteiger partial charge is 0.321 e. The number of amides is 7. The lowest BCUT2D eigenvalue weighted by Crippen LogP contribution is -2.61. The molecule has 1 aliphatic heterocycles. The van der Waals surface area contributed by atoms with Crippen molar-refractivity contribution in [3.05, 3.63) is 54.6 Å². The molecule has 0 bridgehead atoms. The lowest BCUT2D eigenvalue weighted by molar-refractivity contribution is -0.135. The van der Waals surface area contributed by atoms with Crippen LogP contribution >= 0.6 is 0 Å². The number of likely N-dealkylation sites (tertiary alicyclic amines) is 1. The van der Waals surface area contributed by atoms with Crippen LogP contribution in [0, 0.1) is 17.3 Å². The number of rotatable bonds is 15. The van der Waals surface area contributed by atoms with Gasteiger partial charge in [0.15, 0.2) is 6.10 Å². The van der Waals surface area contributed by atoms with Crippen LogP contribution in [-0.2, 0) is 19.2 Å². The number of aromatic nitrogens is 2. The van der Waals surface area contributed by atoms with Crippen molar-refractivity contribution in [2.45, 2.75) is 122 Å². The van der Waals surface area contributed by atoms with Gasteiger partial charge in [-0.05, 0) is 55.6 Å². The van der Waals surface area contributed by atoms with E-state index in [-0.39, 0.29) is 30.7 Å². The third kappa shape index (κ3) is 11.5. The van der Waals surface area contributed by atoms with Gasteiger partial charge in [0.05, 0.1) is 24.2 Å². The molecule has 3 unspecified atom stereocenters. The monoisotopic (exact) mass is 775 g/mol. The molecule has 3 fully saturated rings. The molecule has 6 atom stereocenters. The maximum absolute atomic E-state index is 14.3. The molecule has 3 aliphatic rings. The minimum atomic E-state index is -1.49. The van der Waals surface area contributed by atoms with Crippen LogP contribution in [0.25, 0.3) is 0 Å². The quantitative estimate of drug-likeness (QED) is 0.141. The molecule has 0 spiro atoms. The van der Waals surface area contributed by atoms with E-state index in [1.165, 1.54) is 23.5 Å². The van der Waals surface area contributed by atoms with Crippen LogP contribution in [0.4, 0.5) is 10.5 Å². The molecule has 2 aromatic rings. The molecule has 2 heterocycles. The molecule has 5 rings (SSSR count). The van der Waals surface area contributed by atoms with Gasteiger partial charge in [-0.15, -0.1) is 0 Å². The van der Waals surface area contributed by atoms with Gasteiger partial charge in [-0.3, -0.25) is 29.0 Å². The highest BCUT2D eigenvalue weighted by atomic mass is 16.3. The first-order valence-electron chi connectivity index (χ1n) is 19.8. The zero-order chi connectivity index (χ0) is 40.4. The van der Waals surface area contributed by atoms with Gasteiger partial charge in [0.25, 0.3) is 11.8 Å². The van der Waals surface area contributed by atoms with E-state index >= 15 is 0 Å². The minimum Gasteiger partial charge on any atom is -0.381 e. The molecular weight excluding hydrogens is 718 g/mol. The Balaban J connectivity index is 1.35. The number of carbonyl (C=O) groups is 6. The summed E-state index contributed by atoms with van der Waals surface area (Å²) in [6, 6.07) is 4.53. The summed E-state index contributed by atoms with van der Waals surface area (Å²) < 4.78 is 0. The number of nitrogens with zero attached hydrogens (tertiary/aromatic N) is 3. The molecule has 1 aromatic carbocycles. The number of benzene rings is 1. The van der Waals surface area contributed by atoms with E-state index in [2.05, 4.69) is 41.9 Å². The number of aliphatic hydroxyl groups is 1. The Bertz CT molecular complexity index is 1680. The molecule has 2 aliphatic carbocycles. The van der Waals surface area contributed by atoms with Crippen LogP contribution in [0.3, 0.4) is 0 Å². The van der Waals surface area contributed by atoms with E-state index in [1.807, 2.05) is 13.0 Å². The summed E-state index contributed by atoms with van der Waals surface area (Å²) in [4.78, 5) is 91.5. The summed E-state index contributed by atoms with van der Waals surface area (Å²) in [6.07, 6.45) is 9.52. The van der Waals surface area contributed by atoms with Gasteiger partial charge >= 0.3 is 6.03 Å². The van der Waals surface area contributed by atoms with Gasteiger partial charge in [0.2, 0.25) is 17.7 Å². The summed E-state index contributed by atoms with van der Waals surface area (Å²) in [7, 11) is 0. The van der Waals surface area contributed by atoms with Crippen LogP contribution < -0.4 is 31.9 Å². The van der Waals surface area contributed by atoms with Crippen molar-refractivity contribution in [1.29, 1.82) is 0 Å². The predicted octanol–water partition coefficient (Wildman–Crippen LogP) is 2.26. The Morgan fingerprint density at radius 3 is 2.20 bits per heavy atom. The first-order chi connectivity index (χ1) is 26.7. The lowest BCUT2D eigenvalue weighted by Gasteiger charge is -2.35. The molecule has 7 N–H and O–H groups in total. The maximum Gasteiger partial charge on any atom is 0.321 e. The van der Waals surface area contributed by atoms with Crippen LogP contribution in [0.5, 0.6) is 0 Å². The largest absolute Gasteiger partial charge is 0.381 e. The van der Waals surface area contributed by atoms with Gasteiger partial charge < -0.3 is 41.9 Å². The van der Waals surface area contributed by atoms with Gasteiger partial charge in [0, 0.05) is 37.2 Å². The number of anilines is 1. The van der Waals surface area contributed by atoms with Crippen LogP contribution in [0.1, 0.15) is 96.0 Å². The predicted molar refractivity (Wildman–Crippen MR) is 208 cm³/mol. The van der Waals surface area contributed by atoms with E-state index in [0.717, 1.165) is 44.9 Å². The van der Waals surface area contributed by atoms with Gasteiger partial charge in [-0.1, -0.05) is 71.6 Å². The van der Waals surface area contributed by atoms with Crippen molar-refractivity contribution in [3.63, 3.8) is 0 Å². The Hall–Kier alpha value is -5.12. The fourth-order valence-electron chi connectivity index (χ4n) is 7.38. The number of carbonyl (C=O) groups excluding carboxylic acids is 6. The van der Waals surface area contributed by atoms with E-state index in [0.29, 0.717) is 18.5 Å². The second kappa shape index (κ2) is 19.2. The molecule has 0 radical (unpaired) electrons. The van der Waals surface area contributed by atoms with Crippen molar-refractivity contribution < 1.29 is 33.9 Å². The Morgan fingerprint density at radius 1 is 0.857 bits per heavy atom. The highest BCUT2D eigenvalue weighted by Gasteiger charge is 2.45. The SMILES string of the molecule is CCCC(NC(=O)[C@@H]1CN(C(=O)Nc2ccccc2)C[C@@H]1NC(=O)C(NC(=O)[C@@H](NC(=O)c1cnccn1)C1CCCCC1)C(C)(C)C)C(O)C(=O)NC1CC1. The average molecular weight is 776 g/mol. The normalized spacial score (nSPS) is 20.8. The second-order valence-electron chi connectivity index (χ2n) is 16.3. The van der Waals surface area contributed by atoms with E-state index in [1.54, 1.807) is 45.0 Å². The number of para-hydroxylation sites is 1. The molecule has 1 saturated heterocycles. The van der Waals surface area contributed by atoms with E-state index in [4.69, 9.17) is 0 Å². The van der Waals surface area contributed by atoms with E-state index in [9.17, 15) is 33.9 Å². The molecule has 2 saturated carbocycles. The van der Waals surface area contributed by atoms with Crippen LogP contribution in [0.2, 0.25) is 0 Å². The van der Waals surface area contributed by atoms with Crippen LogP contribution in [0.15, 0.2) is 48.9 Å². The van der Waals surface area contributed by atoms with Crippen LogP contribution in [-0.4, -0.2) is 105 Å². The van der Waals surface area contributed by atoms with Crippen molar-refractivity contribution >= 4 is 41.3 Å². The van der Waals surface area contributed by atoms with Gasteiger partial charge in [0.1, 0.15) is 17.8 Å². The Labute approximate surface area is 328 Å². The third-order valence-electron chi connectivity index (χ3n) is 10.7. The maximum atomic E-state index is 14.3. The average Bonchev–Trinajstić information content (AvgIpc) is 3.90. The molecular formula is C40H57N9O7. The lowest BCUT2D eigenvalue weighted by atomic mass is 9.82. The topological polar surface area (TPSA) is 224 Å². The fourth-order valence-corrected chi connectivity index (χ4v) is 7.38. The second-order valence-corrected chi connectivity index (χ2v) is 16.3. The fraction of sp³-hybridized carbons (Fsp3) is 0.600. The molecule has 304 valence electrons. The van der Waals surface area contributed by atoms with Crippen molar-refractivity contribution in [1.82, 2.24) is 41.5 Å². The summed E-state index contributed by atoms with van der Waals surface area (Å²) in [5.41, 5.74) is -0.208. The summed E-state index contributed by atoms with van der Waals surface area (Å²) in [6.45, 7) is 7.17. The number of urea groups is 1. The zero-order valence-corrected chi connectivity index (χ0v) is 32.8. The van der Waals surface area contributed by atoms with Crippen molar-refractivity contribution in [3.8, 4) is 0 Å². The molecule has 7 amide bonds. The molecule has 1 aromatic heterocycles. The number of aliphatic hydroxyl groups excluding tert-OH is 1. The Kier molecular flexibility index (Phi) is 14.4. The first kappa shape index (κ1) is 42.0. The highest BCUT2D eigenvalue weighted by molar-refractivity contribution is 5.97. The van der Waals surface area contributed by atoms with Crippen molar-refractivity contribution in [2.24, 2.45) is 17.3 Å². The minimum absolute atomic E-state index is 0.0184. The third-order valence-corrected chi connectivity index (χ3v) is 10.7. The number of hydrogen-bond acceptors (Lipinski definition) is 9. The standard InChI is InChI=1S/C40H57N9O7/c1-5-12-28(32(50)37(54)43-26-17-18-26)45-34(51)27-22-49(39(56)44-25-15-10-7-11-16-25)23-30(27)46-38(55)33(40(2,3)4)48-36(53)31(24-13-8-6-9-14-24)47-35(52)29-21-41-19-20-42-29/h7,10-11,15-16,19-21,24,26-28,30-33,50H,5-6,8-9,12-14,17-18,22-23H2,1-4H3,(H,43,54)(H,44,56)(H,45,51)(H,46,55)(H,47,52)(H,48,53)/t27-,28?,30+,31+,32?,33?/m1/s1. The zero-order valence-electron chi connectivity index (χ0n) is 32.8. The van der Waals surface area contributed by atoms with Crippen molar-refractivity contribution in [2.75, 3.05) is 18.4 Å². The van der Waals surface area contributed by atoms with Gasteiger partial charge in [-0.2, -0.15) is 0 Å². The first-order valence-corrected chi connectivity index (χ1v) is 19.8. The van der Waals surface area contributed by atoms with E-state index < -0.39 is 77.2 Å². The Morgan fingerprint density at radius 2 is 1.57 bits per heavy atom. The molecule has 16 nitrogen and oxygen atoms in total. The highest BCUT2D eigenvalue weighted by Crippen LogP contribution is 2.29. The summed E-state index contributed by atoms with van der Waals surface area (Å²) in [5.74, 6) is -3.87. The number of hydrogen-bond donors (Lipinski definition) is 7.